The lowest BCUT2D eigenvalue weighted by atomic mass is 10.0. The van der Waals surface area contributed by atoms with Crippen LogP contribution in [-0.2, 0) is 47.4 Å². The maximum absolute atomic E-state index is 14.5. The molecule has 0 radical (unpaired) electrons. The molecule has 1 fully saturated rings. The molecule has 0 aromatic heterocycles. The minimum atomic E-state index is -4.60. The van der Waals surface area contributed by atoms with Crippen LogP contribution < -0.4 is 9.05 Å². The Morgan fingerprint density at radius 2 is 1.00 bits per heavy atom. The molecule has 3 rings (SSSR count). The molecule has 38 heavy (non-hydrogen) atoms. The molecule has 0 bridgehead atoms. The van der Waals surface area contributed by atoms with Crippen LogP contribution in [0.4, 0.5) is 0 Å². The minimum Gasteiger partial charge on any atom is -0.455 e. The second kappa shape index (κ2) is 12.6. The molecule has 0 saturated carbocycles. The molecule has 12 nitrogen and oxygen atoms in total. The van der Waals surface area contributed by atoms with Gasteiger partial charge in [0.2, 0.25) is 18.2 Å². The summed E-state index contributed by atoms with van der Waals surface area (Å²) in [7, 11) is -4.60. The zero-order chi connectivity index (χ0) is 27.9. The Kier molecular flexibility index (Phi) is 9.49. The molecule has 204 valence electrons. The third kappa shape index (κ3) is 7.56. The van der Waals surface area contributed by atoms with Gasteiger partial charge < -0.3 is 32.7 Å². The number of esters is 4. The second-order valence-electron chi connectivity index (χ2n) is 8.08. The second-order valence-corrected chi connectivity index (χ2v) is 10.0. The fourth-order valence-electron chi connectivity index (χ4n) is 3.65. The van der Waals surface area contributed by atoms with Gasteiger partial charge in [-0.25, -0.2) is 4.57 Å². The van der Waals surface area contributed by atoms with E-state index in [9.17, 15) is 23.7 Å². The Hall–Kier alpha value is -3.89. The van der Waals surface area contributed by atoms with Crippen LogP contribution in [-0.4, -0.2) is 54.3 Å². The summed E-state index contributed by atoms with van der Waals surface area (Å²) >= 11 is 0. The first-order valence-electron chi connectivity index (χ1n) is 11.4. The molecule has 2 aromatic carbocycles. The van der Waals surface area contributed by atoms with Gasteiger partial charge in [0.05, 0.1) is 0 Å². The maximum atomic E-state index is 14.5. The number of rotatable bonds is 9. The Morgan fingerprint density at radius 3 is 1.42 bits per heavy atom. The first-order chi connectivity index (χ1) is 18.0. The molecular formula is C25H27O12P. The van der Waals surface area contributed by atoms with E-state index >= 15 is 0 Å². The summed E-state index contributed by atoms with van der Waals surface area (Å²) in [6, 6.07) is 15.9. The lowest BCUT2D eigenvalue weighted by Gasteiger charge is -2.44. The number of hydrogen-bond acceptors (Lipinski definition) is 12. The zero-order valence-electron chi connectivity index (χ0n) is 21.0. The molecule has 2 aromatic rings. The minimum absolute atomic E-state index is 0.104. The van der Waals surface area contributed by atoms with Crippen molar-refractivity contribution in [2.24, 2.45) is 0 Å². The third-order valence-electron chi connectivity index (χ3n) is 4.92. The number of hydrogen-bond donors (Lipinski definition) is 0. The Balaban J connectivity index is 2.17. The quantitative estimate of drug-likeness (QED) is 0.256. The van der Waals surface area contributed by atoms with Gasteiger partial charge in [-0.05, 0) is 24.3 Å². The molecule has 13 heteroatoms. The molecule has 0 unspecified atom stereocenters. The smallest absolute Gasteiger partial charge is 0.455 e. The van der Waals surface area contributed by atoms with Crippen molar-refractivity contribution < 1.29 is 56.5 Å². The number of ether oxygens (including phenoxy) is 5. The van der Waals surface area contributed by atoms with Crippen molar-refractivity contribution in [1.82, 2.24) is 0 Å². The molecule has 1 aliphatic heterocycles. The predicted octanol–water partition coefficient (Wildman–Crippen LogP) is 3.38. The van der Waals surface area contributed by atoms with Crippen LogP contribution >= 0.6 is 7.60 Å². The lowest BCUT2D eigenvalue weighted by Crippen LogP contribution is -2.62. The first kappa shape index (κ1) is 28.7. The van der Waals surface area contributed by atoms with E-state index in [0.29, 0.717) is 0 Å². The monoisotopic (exact) mass is 550 g/mol. The molecule has 1 aliphatic rings. The topological polar surface area (TPSA) is 150 Å². The van der Waals surface area contributed by atoms with Gasteiger partial charge in [0.15, 0.2) is 12.2 Å². The molecule has 0 N–H and O–H groups in total. The third-order valence-corrected chi connectivity index (χ3v) is 6.89. The van der Waals surface area contributed by atoms with E-state index in [0.717, 1.165) is 27.7 Å². The van der Waals surface area contributed by atoms with Gasteiger partial charge in [-0.2, -0.15) is 0 Å². The van der Waals surface area contributed by atoms with Crippen LogP contribution in [0.1, 0.15) is 27.7 Å². The number of para-hydroxylation sites is 2. The van der Waals surface area contributed by atoms with Gasteiger partial charge in [-0.3, -0.25) is 19.2 Å². The van der Waals surface area contributed by atoms with Crippen LogP contribution in [0.3, 0.4) is 0 Å². The number of carbonyl (C=O) groups excluding carboxylic acids is 4. The van der Waals surface area contributed by atoms with Gasteiger partial charge in [-0.1, -0.05) is 36.4 Å². The summed E-state index contributed by atoms with van der Waals surface area (Å²) in [4.78, 5) is 48.0. The highest BCUT2D eigenvalue weighted by atomic mass is 31.2. The highest BCUT2D eigenvalue weighted by Gasteiger charge is 2.61. The molecule has 0 amide bonds. The van der Waals surface area contributed by atoms with Crippen LogP contribution in [0.25, 0.3) is 0 Å². The van der Waals surface area contributed by atoms with Crippen molar-refractivity contribution in [1.29, 1.82) is 0 Å². The van der Waals surface area contributed by atoms with E-state index in [2.05, 4.69) is 0 Å². The Bertz CT molecular complexity index is 1140. The van der Waals surface area contributed by atoms with Gasteiger partial charge in [0.25, 0.3) is 0 Å². The van der Waals surface area contributed by atoms with E-state index in [4.69, 9.17) is 32.7 Å². The summed E-state index contributed by atoms with van der Waals surface area (Å²) in [5.74, 6) is -5.07. The van der Waals surface area contributed by atoms with Crippen LogP contribution in [0.5, 0.6) is 11.5 Å². The highest BCUT2D eigenvalue weighted by molar-refractivity contribution is 7.55. The van der Waals surface area contributed by atoms with Crippen molar-refractivity contribution >= 4 is 31.5 Å². The molecule has 1 heterocycles. The molecule has 0 aliphatic carbocycles. The van der Waals surface area contributed by atoms with Crippen molar-refractivity contribution in [2.75, 3.05) is 0 Å². The summed E-state index contributed by atoms with van der Waals surface area (Å²) in [6.45, 7) is 4.23. The van der Waals surface area contributed by atoms with Gasteiger partial charge in [0, 0.05) is 27.7 Å². The van der Waals surface area contributed by atoms with E-state index in [1.165, 1.54) is 24.3 Å². The SMILES string of the molecule is CC(=O)O[C@H]1O[C@H](P(=O)(Oc2ccccc2)Oc2ccccc2)[C@@H](OC(C)=O)[C@H](OC(C)=O)[C@H]1OC(C)=O. The van der Waals surface area contributed by atoms with Crippen LogP contribution in [0, 0.1) is 0 Å². The average molecular weight is 550 g/mol. The normalized spacial score (nSPS) is 22.9. The van der Waals surface area contributed by atoms with Crippen LogP contribution in [0.2, 0.25) is 0 Å². The van der Waals surface area contributed by atoms with Crippen molar-refractivity contribution in [3.8, 4) is 11.5 Å². The van der Waals surface area contributed by atoms with E-state index in [1.807, 2.05) is 0 Å². The molecule has 5 atom stereocenters. The standard InChI is InChI=1S/C25H27O12P/c1-15(26)31-21-22(32-16(2)27)24(34-18(4)29)35-25(23(21)33-17(3)28)38(30,36-19-11-7-5-8-12-19)37-20-13-9-6-10-14-20/h5-14,21-25H,1-4H3/t21-,22-,23+,24+,25-/m1/s1. The summed E-state index contributed by atoms with van der Waals surface area (Å²) in [5.41, 5.74) is 0. The largest absolute Gasteiger partial charge is 0.463 e. The highest BCUT2D eigenvalue weighted by Crippen LogP contribution is 2.57. The Labute approximate surface area is 218 Å². The van der Waals surface area contributed by atoms with E-state index < -0.39 is 61.9 Å². The van der Waals surface area contributed by atoms with Gasteiger partial charge in [-0.15, -0.1) is 0 Å². The maximum Gasteiger partial charge on any atom is 0.463 e. The van der Waals surface area contributed by atoms with E-state index in [1.54, 1.807) is 36.4 Å². The first-order valence-corrected chi connectivity index (χ1v) is 13.0. The van der Waals surface area contributed by atoms with Gasteiger partial charge >= 0.3 is 31.5 Å². The lowest BCUT2D eigenvalue weighted by molar-refractivity contribution is -0.283. The fourth-order valence-corrected chi connectivity index (χ4v) is 5.58. The fraction of sp³-hybridized carbons (Fsp3) is 0.360. The van der Waals surface area contributed by atoms with Crippen molar-refractivity contribution in [2.45, 2.75) is 58.1 Å². The number of benzene rings is 2. The number of carbonyl (C=O) groups is 4. The zero-order valence-corrected chi connectivity index (χ0v) is 21.9. The van der Waals surface area contributed by atoms with Crippen molar-refractivity contribution in [3.63, 3.8) is 0 Å². The summed E-state index contributed by atoms with van der Waals surface area (Å²) < 4.78 is 53.2. The van der Waals surface area contributed by atoms with Crippen molar-refractivity contribution in [3.05, 3.63) is 60.7 Å². The van der Waals surface area contributed by atoms with Gasteiger partial charge in [0.1, 0.15) is 11.5 Å². The predicted molar refractivity (Wildman–Crippen MR) is 129 cm³/mol. The Morgan fingerprint density at radius 1 is 0.605 bits per heavy atom. The summed E-state index contributed by atoms with van der Waals surface area (Å²) in [6.07, 6.45) is -6.66. The van der Waals surface area contributed by atoms with E-state index in [-0.39, 0.29) is 11.5 Å². The molecule has 0 spiro atoms. The van der Waals surface area contributed by atoms with Crippen LogP contribution in [0.15, 0.2) is 60.7 Å². The average Bonchev–Trinajstić information content (AvgIpc) is 2.82. The summed E-state index contributed by atoms with van der Waals surface area (Å²) in [5, 5.41) is 0. The molecular weight excluding hydrogens is 523 g/mol. The molecule has 1 saturated heterocycles.